The van der Waals surface area contributed by atoms with Crippen LogP contribution in [0.1, 0.15) is 37.8 Å². The summed E-state index contributed by atoms with van der Waals surface area (Å²) in [5, 5.41) is 3.13. The quantitative estimate of drug-likeness (QED) is 0.929. The predicted octanol–water partition coefficient (Wildman–Crippen LogP) is 2.35. The maximum absolute atomic E-state index is 12.6. The zero-order chi connectivity index (χ0) is 14.8. The van der Waals surface area contributed by atoms with Gasteiger partial charge in [-0.2, -0.15) is 0 Å². The van der Waals surface area contributed by atoms with Gasteiger partial charge in [0.15, 0.2) is 0 Å². The first-order valence-electron chi connectivity index (χ1n) is 7.52. The fourth-order valence-corrected chi connectivity index (χ4v) is 4.26. The number of hydrogen-bond donors (Lipinski definition) is 1. The second-order valence-electron chi connectivity index (χ2n) is 5.52. The third-order valence-corrected chi connectivity index (χ3v) is 5.37. The van der Waals surface area contributed by atoms with Gasteiger partial charge in [0.1, 0.15) is 6.04 Å². The third kappa shape index (κ3) is 2.79. The van der Waals surface area contributed by atoms with Crippen LogP contribution >= 0.6 is 11.8 Å². The third-order valence-electron chi connectivity index (χ3n) is 4.19. The van der Waals surface area contributed by atoms with Gasteiger partial charge >= 0.3 is 0 Å². The first kappa shape index (κ1) is 14.4. The highest BCUT2D eigenvalue weighted by molar-refractivity contribution is 7.99. The molecule has 0 aromatic heterocycles. The highest BCUT2D eigenvalue weighted by Crippen LogP contribution is 2.37. The molecule has 0 unspecified atom stereocenters. The molecular weight excluding hydrogens is 284 g/mol. The smallest absolute Gasteiger partial charge is 0.243 e. The van der Waals surface area contributed by atoms with Gasteiger partial charge in [0.2, 0.25) is 11.8 Å². The molecule has 21 heavy (non-hydrogen) atoms. The minimum absolute atomic E-state index is 0.0185. The Kier molecular flexibility index (Phi) is 4.19. The minimum atomic E-state index is -0.322. The van der Waals surface area contributed by atoms with Crippen LogP contribution < -0.4 is 5.32 Å². The molecular formula is C16H20N2O2S. The molecule has 2 aliphatic rings. The van der Waals surface area contributed by atoms with Crippen LogP contribution in [0.4, 0.5) is 0 Å². The fourth-order valence-electron chi connectivity index (χ4n) is 3.10. The van der Waals surface area contributed by atoms with Crippen LogP contribution in [0, 0.1) is 0 Å². The molecule has 2 amide bonds. The number of likely N-dealkylation sites (tertiary alicyclic amines) is 1. The van der Waals surface area contributed by atoms with Gasteiger partial charge in [-0.15, -0.1) is 11.8 Å². The van der Waals surface area contributed by atoms with E-state index < -0.39 is 0 Å². The van der Waals surface area contributed by atoms with Crippen molar-refractivity contribution in [2.75, 3.05) is 12.3 Å². The molecule has 1 fully saturated rings. The lowest BCUT2D eigenvalue weighted by Gasteiger charge is -2.27. The van der Waals surface area contributed by atoms with E-state index in [-0.39, 0.29) is 23.9 Å². The monoisotopic (exact) mass is 304 g/mol. The van der Waals surface area contributed by atoms with Crippen LogP contribution in [0.3, 0.4) is 0 Å². The van der Waals surface area contributed by atoms with Gasteiger partial charge in [-0.25, -0.2) is 0 Å². The Hall–Kier alpha value is -1.49. The summed E-state index contributed by atoms with van der Waals surface area (Å²) in [4.78, 5) is 27.4. The number of nitrogens with zero attached hydrogens (tertiary/aromatic N) is 1. The van der Waals surface area contributed by atoms with Crippen molar-refractivity contribution in [3.05, 3.63) is 29.8 Å². The highest BCUT2D eigenvalue weighted by Gasteiger charge is 2.33. The molecule has 0 aliphatic carbocycles. The zero-order valence-electron chi connectivity index (χ0n) is 12.2. The Morgan fingerprint density at radius 2 is 2.29 bits per heavy atom. The highest BCUT2D eigenvalue weighted by atomic mass is 32.2. The minimum Gasteiger partial charge on any atom is -0.347 e. The number of carbonyl (C=O) groups is 2. The van der Waals surface area contributed by atoms with E-state index in [1.807, 2.05) is 19.1 Å². The Morgan fingerprint density at radius 1 is 1.48 bits per heavy atom. The molecule has 0 spiro atoms. The molecule has 0 bridgehead atoms. The van der Waals surface area contributed by atoms with E-state index in [2.05, 4.69) is 17.4 Å². The van der Waals surface area contributed by atoms with Crippen molar-refractivity contribution in [1.29, 1.82) is 0 Å². The SMILES string of the molecule is CC[C@H](C(=O)N[C@H]1CSc2ccccc21)N1CCCC1=O. The van der Waals surface area contributed by atoms with Crippen LogP contribution in [0.15, 0.2) is 29.2 Å². The number of benzene rings is 1. The molecule has 3 rings (SSSR count). The molecule has 2 aliphatic heterocycles. The number of nitrogens with one attached hydrogen (secondary N) is 1. The van der Waals surface area contributed by atoms with E-state index in [9.17, 15) is 9.59 Å². The molecule has 1 saturated heterocycles. The van der Waals surface area contributed by atoms with Crippen molar-refractivity contribution < 1.29 is 9.59 Å². The van der Waals surface area contributed by atoms with Crippen molar-refractivity contribution in [1.82, 2.24) is 10.2 Å². The summed E-state index contributed by atoms with van der Waals surface area (Å²) in [7, 11) is 0. The summed E-state index contributed by atoms with van der Waals surface area (Å²) in [6.07, 6.45) is 2.11. The average Bonchev–Trinajstić information content (AvgIpc) is 3.08. The van der Waals surface area contributed by atoms with Gasteiger partial charge in [0.25, 0.3) is 0 Å². The number of hydrogen-bond acceptors (Lipinski definition) is 3. The van der Waals surface area contributed by atoms with Gasteiger partial charge in [-0.3, -0.25) is 9.59 Å². The second-order valence-corrected chi connectivity index (χ2v) is 6.59. The van der Waals surface area contributed by atoms with Crippen LogP contribution in [0.5, 0.6) is 0 Å². The Balaban J connectivity index is 1.70. The van der Waals surface area contributed by atoms with E-state index >= 15 is 0 Å². The van der Waals surface area contributed by atoms with Crippen molar-refractivity contribution >= 4 is 23.6 Å². The fraction of sp³-hybridized carbons (Fsp3) is 0.500. The molecule has 0 radical (unpaired) electrons. The van der Waals surface area contributed by atoms with E-state index in [4.69, 9.17) is 0 Å². The first-order valence-corrected chi connectivity index (χ1v) is 8.51. The lowest BCUT2D eigenvalue weighted by Crippen LogP contribution is -2.48. The predicted molar refractivity (Wildman–Crippen MR) is 83.1 cm³/mol. The molecule has 1 aromatic carbocycles. The number of thioether (sulfide) groups is 1. The number of amides is 2. The summed E-state index contributed by atoms with van der Waals surface area (Å²) in [5.41, 5.74) is 1.19. The topological polar surface area (TPSA) is 49.4 Å². The summed E-state index contributed by atoms with van der Waals surface area (Å²) in [5.74, 6) is 0.961. The summed E-state index contributed by atoms with van der Waals surface area (Å²) < 4.78 is 0. The van der Waals surface area contributed by atoms with Crippen LogP contribution in [-0.2, 0) is 9.59 Å². The van der Waals surface area contributed by atoms with E-state index in [0.717, 1.165) is 12.2 Å². The maximum atomic E-state index is 12.6. The van der Waals surface area contributed by atoms with E-state index in [1.165, 1.54) is 10.5 Å². The second kappa shape index (κ2) is 6.10. The van der Waals surface area contributed by atoms with Gasteiger partial charge in [0.05, 0.1) is 6.04 Å². The van der Waals surface area contributed by atoms with Crippen molar-refractivity contribution in [2.24, 2.45) is 0 Å². The first-order chi connectivity index (χ1) is 10.2. The molecule has 1 N–H and O–H groups in total. The average molecular weight is 304 g/mol. The lowest BCUT2D eigenvalue weighted by molar-refractivity contribution is -0.137. The number of fused-ring (bicyclic) bond motifs is 1. The molecule has 2 atom stereocenters. The summed E-state index contributed by atoms with van der Waals surface area (Å²) in [6, 6.07) is 7.93. The standard InChI is InChI=1S/C16H20N2O2S/c1-2-13(18-9-5-8-15(18)19)16(20)17-12-10-21-14-7-4-3-6-11(12)14/h3-4,6-7,12-13H,2,5,8-10H2,1H3,(H,17,20)/t12-,13+/m0/s1. The molecule has 0 saturated carbocycles. The maximum Gasteiger partial charge on any atom is 0.243 e. The van der Waals surface area contributed by atoms with Crippen molar-refractivity contribution in [3.63, 3.8) is 0 Å². The number of rotatable bonds is 4. The van der Waals surface area contributed by atoms with Crippen LogP contribution in [0.2, 0.25) is 0 Å². The van der Waals surface area contributed by atoms with Gasteiger partial charge in [-0.05, 0) is 24.5 Å². The van der Waals surface area contributed by atoms with Crippen molar-refractivity contribution in [3.8, 4) is 0 Å². The Labute approximate surface area is 129 Å². The largest absolute Gasteiger partial charge is 0.347 e. The van der Waals surface area contributed by atoms with Gasteiger partial charge in [-0.1, -0.05) is 25.1 Å². The summed E-state index contributed by atoms with van der Waals surface area (Å²) in [6.45, 7) is 2.67. The number of carbonyl (C=O) groups excluding carboxylic acids is 2. The molecule has 4 nitrogen and oxygen atoms in total. The summed E-state index contributed by atoms with van der Waals surface area (Å²) >= 11 is 1.77. The molecule has 2 heterocycles. The normalized spacial score (nSPS) is 22.2. The van der Waals surface area contributed by atoms with Crippen LogP contribution in [0.25, 0.3) is 0 Å². The van der Waals surface area contributed by atoms with Crippen LogP contribution in [-0.4, -0.2) is 35.1 Å². The zero-order valence-corrected chi connectivity index (χ0v) is 13.0. The van der Waals surface area contributed by atoms with Crippen molar-refractivity contribution in [2.45, 2.75) is 43.2 Å². The van der Waals surface area contributed by atoms with E-state index in [1.54, 1.807) is 16.7 Å². The Bertz CT molecular complexity index is 561. The molecule has 5 heteroatoms. The van der Waals surface area contributed by atoms with Gasteiger partial charge < -0.3 is 10.2 Å². The molecule has 1 aromatic rings. The van der Waals surface area contributed by atoms with E-state index in [0.29, 0.717) is 19.4 Å². The Morgan fingerprint density at radius 3 is 3.00 bits per heavy atom. The lowest BCUT2D eigenvalue weighted by atomic mass is 10.1. The molecule has 112 valence electrons. The van der Waals surface area contributed by atoms with Gasteiger partial charge in [0, 0.05) is 23.6 Å².